The first-order chi connectivity index (χ1) is 10.3. The van der Waals surface area contributed by atoms with E-state index >= 15 is 0 Å². The second kappa shape index (κ2) is 5.58. The SMILES string of the molecule is O=C(O)c1csc(C(=O)O)c1-c1c(C(=O)O)csc1C(=O)O. The van der Waals surface area contributed by atoms with Crippen LogP contribution in [0.3, 0.4) is 0 Å². The predicted octanol–water partition coefficient (Wildman–Crippen LogP) is 2.27. The molecule has 0 bridgehead atoms. The van der Waals surface area contributed by atoms with Crippen molar-refractivity contribution in [1.29, 1.82) is 0 Å². The first-order valence-corrected chi connectivity index (χ1v) is 7.18. The minimum atomic E-state index is -1.47. The molecule has 0 aliphatic carbocycles. The Morgan fingerprint density at radius 3 is 1.18 bits per heavy atom. The fourth-order valence-corrected chi connectivity index (χ4v) is 3.61. The summed E-state index contributed by atoms with van der Waals surface area (Å²) >= 11 is 1.18. The Labute approximate surface area is 129 Å². The van der Waals surface area contributed by atoms with Gasteiger partial charge in [-0.2, -0.15) is 0 Å². The van der Waals surface area contributed by atoms with E-state index in [9.17, 15) is 19.2 Å². The van der Waals surface area contributed by atoms with Gasteiger partial charge in [0.25, 0.3) is 0 Å². The lowest BCUT2D eigenvalue weighted by Crippen LogP contribution is -2.07. The van der Waals surface area contributed by atoms with Crippen molar-refractivity contribution in [1.82, 2.24) is 0 Å². The van der Waals surface area contributed by atoms with Gasteiger partial charge in [-0.05, 0) is 0 Å². The van der Waals surface area contributed by atoms with Crippen molar-refractivity contribution in [2.24, 2.45) is 0 Å². The lowest BCUT2D eigenvalue weighted by atomic mass is 9.98. The van der Waals surface area contributed by atoms with Crippen LogP contribution in [-0.2, 0) is 0 Å². The van der Waals surface area contributed by atoms with Gasteiger partial charge < -0.3 is 20.4 Å². The summed E-state index contributed by atoms with van der Waals surface area (Å²) in [7, 11) is 0. The Morgan fingerprint density at radius 2 is 0.955 bits per heavy atom. The summed E-state index contributed by atoms with van der Waals surface area (Å²) in [5.41, 5.74) is -1.71. The van der Waals surface area contributed by atoms with Crippen LogP contribution < -0.4 is 0 Å². The van der Waals surface area contributed by atoms with Crippen LogP contribution in [0.25, 0.3) is 11.1 Å². The average molecular weight is 342 g/mol. The van der Waals surface area contributed by atoms with Gasteiger partial charge in [-0.3, -0.25) is 0 Å². The molecule has 0 saturated heterocycles. The molecule has 22 heavy (non-hydrogen) atoms. The van der Waals surface area contributed by atoms with Crippen molar-refractivity contribution in [3.8, 4) is 11.1 Å². The van der Waals surface area contributed by atoms with Gasteiger partial charge in [0.15, 0.2) is 0 Å². The zero-order valence-corrected chi connectivity index (χ0v) is 12.0. The van der Waals surface area contributed by atoms with E-state index in [-0.39, 0.29) is 0 Å². The van der Waals surface area contributed by atoms with Crippen molar-refractivity contribution < 1.29 is 39.6 Å². The molecule has 2 heterocycles. The molecule has 0 spiro atoms. The van der Waals surface area contributed by atoms with Crippen molar-refractivity contribution in [2.75, 3.05) is 0 Å². The van der Waals surface area contributed by atoms with Gasteiger partial charge in [0, 0.05) is 21.9 Å². The van der Waals surface area contributed by atoms with Gasteiger partial charge in [0.05, 0.1) is 11.1 Å². The highest BCUT2D eigenvalue weighted by Gasteiger charge is 2.31. The van der Waals surface area contributed by atoms with Crippen LogP contribution in [0.5, 0.6) is 0 Å². The smallest absolute Gasteiger partial charge is 0.346 e. The van der Waals surface area contributed by atoms with Gasteiger partial charge in [0.1, 0.15) is 9.75 Å². The second-order valence-corrected chi connectivity index (χ2v) is 5.69. The number of carbonyl (C=O) groups is 4. The summed E-state index contributed by atoms with van der Waals surface area (Å²) in [5, 5.41) is 38.6. The topological polar surface area (TPSA) is 149 Å². The summed E-state index contributed by atoms with van der Waals surface area (Å²) in [6, 6.07) is 0. The summed E-state index contributed by atoms with van der Waals surface area (Å²) in [6.07, 6.45) is 0. The zero-order chi connectivity index (χ0) is 16.6. The number of aromatic carboxylic acids is 4. The van der Waals surface area contributed by atoms with Crippen molar-refractivity contribution in [2.45, 2.75) is 0 Å². The lowest BCUT2D eigenvalue weighted by molar-refractivity contribution is 0.0678. The maximum Gasteiger partial charge on any atom is 0.346 e. The highest BCUT2D eigenvalue weighted by Crippen LogP contribution is 2.40. The number of carboxylic acid groups (broad SMARTS) is 4. The van der Waals surface area contributed by atoms with Gasteiger partial charge >= 0.3 is 23.9 Å². The monoisotopic (exact) mass is 342 g/mol. The number of thiophene rings is 2. The molecule has 0 saturated carbocycles. The fraction of sp³-hybridized carbons (Fsp3) is 0. The summed E-state index contributed by atoms with van der Waals surface area (Å²) in [5.74, 6) is -5.88. The number of carboxylic acids is 4. The maximum absolute atomic E-state index is 11.2. The molecule has 0 aliphatic rings. The molecule has 0 radical (unpaired) electrons. The number of hydrogen-bond donors (Lipinski definition) is 4. The predicted molar refractivity (Wildman–Crippen MR) is 75.5 cm³/mol. The maximum atomic E-state index is 11.2. The third kappa shape index (κ3) is 2.44. The third-order valence-corrected chi connectivity index (χ3v) is 4.62. The molecule has 0 fully saturated rings. The van der Waals surface area contributed by atoms with E-state index in [0.29, 0.717) is 22.7 Å². The second-order valence-electron chi connectivity index (χ2n) is 3.93. The Kier molecular flexibility index (Phi) is 3.97. The lowest BCUT2D eigenvalue weighted by Gasteiger charge is -2.05. The van der Waals surface area contributed by atoms with Gasteiger partial charge in [-0.1, -0.05) is 0 Å². The molecule has 2 aromatic rings. The Bertz CT molecular complexity index is 682. The van der Waals surface area contributed by atoms with E-state index in [1.54, 1.807) is 0 Å². The molecule has 8 nitrogen and oxygen atoms in total. The molecule has 4 N–H and O–H groups in total. The minimum Gasteiger partial charge on any atom is -0.478 e. The Morgan fingerprint density at radius 1 is 0.636 bits per heavy atom. The van der Waals surface area contributed by atoms with Gasteiger partial charge in [-0.15, -0.1) is 22.7 Å². The van der Waals surface area contributed by atoms with Gasteiger partial charge in [-0.25, -0.2) is 19.2 Å². The third-order valence-electron chi connectivity index (χ3n) is 2.68. The van der Waals surface area contributed by atoms with Crippen molar-refractivity contribution in [3.63, 3.8) is 0 Å². The summed E-state index contributed by atoms with van der Waals surface area (Å²) < 4.78 is 0. The molecular weight excluding hydrogens is 336 g/mol. The summed E-state index contributed by atoms with van der Waals surface area (Å²) in [6.45, 7) is 0. The summed E-state index contributed by atoms with van der Waals surface area (Å²) in [4.78, 5) is 44.1. The van der Waals surface area contributed by atoms with Crippen LogP contribution in [0.15, 0.2) is 10.8 Å². The fourth-order valence-electron chi connectivity index (χ4n) is 1.84. The van der Waals surface area contributed by atoms with Crippen LogP contribution in [-0.4, -0.2) is 44.3 Å². The van der Waals surface area contributed by atoms with E-state index < -0.39 is 55.9 Å². The highest BCUT2D eigenvalue weighted by molar-refractivity contribution is 7.14. The molecule has 10 heteroatoms. The molecule has 0 atom stereocenters. The average Bonchev–Trinajstić information content (AvgIpc) is 3.01. The quantitative estimate of drug-likeness (QED) is 0.646. The van der Waals surface area contributed by atoms with E-state index in [2.05, 4.69) is 0 Å². The van der Waals surface area contributed by atoms with Crippen LogP contribution in [0, 0.1) is 0 Å². The molecule has 0 unspecified atom stereocenters. The van der Waals surface area contributed by atoms with E-state index in [1.165, 1.54) is 0 Å². The van der Waals surface area contributed by atoms with E-state index in [0.717, 1.165) is 10.8 Å². The molecule has 0 aromatic carbocycles. The molecule has 2 rings (SSSR count). The highest BCUT2D eigenvalue weighted by atomic mass is 32.1. The van der Waals surface area contributed by atoms with Crippen molar-refractivity contribution in [3.05, 3.63) is 31.6 Å². The normalized spacial score (nSPS) is 10.4. The first-order valence-electron chi connectivity index (χ1n) is 5.42. The number of hydrogen-bond acceptors (Lipinski definition) is 6. The number of rotatable bonds is 5. The van der Waals surface area contributed by atoms with Crippen LogP contribution >= 0.6 is 22.7 Å². The standard InChI is InChI=1S/C12H6O8S2/c13-9(14)3-1-21-7(11(17)18)5(3)6-4(10(15)16)2-22-8(6)12(19)20/h1-2H,(H,13,14)(H,15,16)(H,17,18)(H,19,20). The molecule has 0 amide bonds. The van der Waals surface area contributed by atoms with Crippen LogP contribution in [0.2, 0.25) is 0 Å². The van der Waals surface area contributed by atoms with Crippen LogP contribution in [0.4, 0.5) is 0 Å². The first kappa shape index (κ1) is 15.7. The minimum absolute atomic E-state index is 0.402. The van der Waals surface area contributed by atoms with Crippen molar-refractivity contribution >= 4 is 46.6 Å². The molecule has 0 aliphatic heterocycles. The molecular formula is C12H6O8S2. The van der Waals surface area contributed by atoms with E-state index in [4.69, 9.17) is 20.4 Å². The Balaban J connectivity index is 2.92. The Hall–Kier alpha value is -2.72. The zero-order valence-electron chi connectivity index (χ0n) is 10.4. The van der Waals surface area contributed by atoms with Crippen LogP contribution in [0.1, 0.15) is 40.1 Å². The van der Waals surface area contributed by atoms with Gasteiger partial charge in [0.2, 0.25) is 0 Å². The molecule has 114 valence electrons. The van der Waals surface area contributed by atoms with E-state index in [1.807, 2.05) is 0 Å². The largest absolute Gasteiger partial charge is 0.478 e. The molecule has 2 aromatic heterocycles.